The summed E-state index contributed by atoms with van der Waals surface area (Å²) >= 11 is 5.66. The Morgan fingerprint density at radius 3 is 2.85 bits per heavy atom. The minimum absolute atomic E-state index is 0.205. The van der Waals surface area contributed by atoms with Gasteiger partial charge in [-0.15, -0.1) is 11.6 Å². The predicted octanol–water partition coefficient (Wildman–Crippen LogP) is 1.71. The van der Waals surface area contributed by atoms with E-state index >= 15 is 0 Å². The molecule has 0 saturated heterocycles. The molecule has 8 heteroatoms. The number of aryl methyl sites for hydroxylation is 1. The number of unbranched alkanes of at least 4 members (excludes halogenated alkanes) is 1. The standard InChI is InChI=1S/C12H18ClN3O3S/c1-15-8-4-10(14-17)12-11(20(15,18)19)5-9-16(12)7-3-2-6-13/h5,9,17H,2-4,6-8H2,1H3/b14-10+. The number of sulfonamides is 1. The summed E-state index contributed by atoms with van der Waals surface area (Å²) in [5.74, 6) is 0.575. The molecule has 6 nitrogen and oxygen atoms in total. The Morgan fingerprint density at radius 1 is 1.45 bits per heavy atom. The number of oxime groups is 1. The molecule has 2 rings (SSSR count). The van der Waals surface area contributed by atoms with Crippen LogP contribution in [0.15, 0.2) is 22.3 Å². The number of hydrogen-bond donors (Lipinski definition) is 1. The van der Waals surface area contributed by atoms with E-state index in [2.05, 4.69) is 5.16 Å². The van der Waals surface area contributed by atoms with Gasteiger partial charge in [-0.3, -0.25) is 0 Å². The molecule has 0 radical (unpaired) electrons. The molecule has 1 aliphatic heterocycles. The zero-order chi connectivity index (χ0) is 14.8. The molecule has 20 heavy (non-hydrogen) atoms. The molecular weight excluding hydrogens is 302 g/mol. The van der Waals surface area contributed by atoms with Crippen molar-refractivity contribution in [1.82, 2.24) is 8.87 Å². The van der Waals surface area contributed by atoms with Crippen molar-refractivity contribution in [2.45, 2.75) is 30.7 Å². The highest BCUT2D eigenvalue weighted by Crippen LogP contribution is 2.26. The molecule has 0 spiro atoms. The van der Waals surface area contributed by atoms with Crippen LogP contribution in [-0.4, -0.2) is 47.7 Å². The Hall–Kier alpha value is -1.05. The zero-order valence-corrected chi connectivity index (χ0v) is 12.9. The van der Waals surface area contributed by atoms with Gasteiger partial charge in [0.1, 0.15) is 10.6 Å². The number of hydrogen-bond acceptors (Lipinski definition) is 4. The fourth-order valence-corrected chi connectivity index (χ4v) is 3.87. The van der Waals surface area contributed by atoms with Crippen LogP contribution in [0.4, 0.5) is 0 Å². The smallest absolute Gasteiger partial charge is 0.245 e. The lowest BCUT2D eigenvalue weighted by molar-refractivity contribution is 0.317. The number of nitrogens with zero attached hydrogens (tertiary/aromatic N) is 3. The Labute approximate surface area is 123 Å². The first-order valence-corrected chi connectivity index (χ1v) is 8.42. The van der Waals surface area contributed by atoms with Crippen LogP contribution in [-0.2, 0) is 16.6 Å². The first-order valence-electron chi connectivity index (χ1n) is 6.45. The van der Waals surface area contributed by atoms with E-state index in [0.717, 1.165) is 12.8 Å². The molecule has 0 saturated carbocycles. The van der Waals surface area contributed by atoms with Crippen molar-refractivity contribution in [3.05, 3.63) is 18.0 Å². The molecule has 2 heterocycles. The van der Waals surface area contributed by atoms with E-state index in [1.165, 1.54) is 11.4 Å². The minimum atomic E-state index is -3.52. The van der Waals surface area contributed by atoms with E-state index < -0.39 is 10.0 Å². The quantitative estimate of drug-likeness (QED) is 0.397. The first kappa shape index (κ1) is 15.3. The third-order valence-corrected chi connectivity index (χ3v) is 5.61. The average molecular weight is 320 g/mol. The van der Waals surface area contributed by atoms with Crippen LogP contribution in [0.5, 0.6) is 0 Å². The molecule has 0 fully saturated rings. The van der Waals surface area contributed by atoms with Gasteiger partial charge in [0, 0.05) is 38.6 Å². The van der Waals surface area contributed by atoms with Gasteiger partial charge in [-0.05, 0) is 18.9 Å². The molecule has 1 aliphatic rings. The largest absolute Gasteiger partial charge is 0.411 e. The summed E-state index contributed by atoms with van der Waals surface area (Å²) in [6.45, 7) is 0.957. The number of fused-ring (bicyclic) bond motifs is 1. The van der Waals surface area contributed by atoms with Crippen LogP contribution >= 0.6 is 11.6 Å². The number of rotatable bonds is 4. The topological polar surface area (TPSA) is 74.9 Å². The second-order valence-electron chi connectivity index (χ2n) is 4.74. The van der Waals surface area contributed by atoms with Crippen molar-refractivity contribution in [3.63, 3.8) is 0 Å². The summed E-state index contributed by atoms with van der Waals surface area (Å²) in [6, 6.07) is 1.57. The second kappa shape index (κ2) is 6.15. The highest BCUT2D eigenvalue weighted by Gasteiger charge is 2.32. The summed E-state index contributed by atoms with van der Waals surface area (Å²) in [4.78, 5) is 0.205. The minimum Gasteiger partial charge on any atom is -0.411 e. The van der Waals surface area contributed by atoms with Crippen LogP contribution < -0.4 is 0 Å². The summed E-state index contributed by atoms with van der Waals surface area (Å²) in [5, 5.41) is 12.5. The summed E-state index contributed by atoms with van der Waals surface area (Å²) in [6.07, 6.45) is 3.81. The molecule has 1 aromatic heterocycles. The van der Waals surface area contributed by atoms with E-state index in [0.29, 0.717) is 36.8 Å². The molecule has 0 amide bonds. The van der Waals surface area contributed by atoms with Crippen LogP contribution in [0.2, 0.25) is 0 Å². The Kier molecular flexibility index (Phi) is 4.72. The Balaban J connectivity index is 2.47. The van der Waals surface area contributed by atoms with Crippen LogP contribution in [0.3, 0.4) is 0 Å². The summed E-state index contributed by atoms with van der Waals surface area (Å²) in [7, 11) is -1.98. The van der Waals surface area contributed by atoms with Crippen molar-refractivity contribution >= 4 is 27.3 Å². The average Bonchev–Trinajstić information content (AvgIpc) is 2.80. The highest BCUT2D eigenvalue weighted by molar-refractivity contribution is 7.89. The summed E-state index contributed by atoms with van der Waals surface area (Å²) in [5.41, 5.74) is 0.898. The fraction of sp³-hybridized carbons (Fsp3) is 0.583. The van der Waals surface area contributed by atoms with Gasteiger partial charge in [-0.25, -0.2) is 12.7 Å². The molecular formula is C12H18ClN3O3S. The maximum absolute atomic E-state index is 12.4. The van der Waals surface area contributed by atoms with Crippen molar-refractivity contribution in [1.29, 1.82) is 0 Å². The fourth-order valence-electron chi connectivity index (χ4n) is 2.30. The third kappa shape index (κ3) is 2.70. The number of halogens is 1. The van der Waals surface area contributed by atoms with E-state index in [9.17, 15) is 13.6 Å². The predicted molar refractivity (Wildman–Crippen MR) is 77.1 cm³/mol. The van der Waals surface area contributed by atoms with Gasteiger partial charge < -0.3 is 9.77 Å². The van der Waals surface area contributed by atoms with Crippen LogP contribution in [0.25, 0.3) is 0 Å². The van der Waals surface area contributed by atoms with Gasteiger partial charge in [0.2, 0.25) is 10.0 Å². The maximum Gasteiger partial charge on any atom is 0.245 e. The molecule has 0 unspecified atom stereocenters. The normalized spacial score (nSPS) is 20.8. The number of aromatic nitrogens is 1. The van der Waals surface area contributed by atoms with E-state index in [1.807, 2.05) is 4.57 Å². The van der Waals surface area contributed by atoms with Gasteiger partial charge >= 0.3 is 0 Å². The van der Waals surface area contributed by atoms with Crippen LogP contribution in [0.1, 0.15) is 25.0 Å². The van der Waals surface area contributed by atoms with Crippen molar-refractivity contribution in [3.8, 4) is 0 Å². The molecule has 1 aromatic rings. The SMILES string of the molecule is CN1CC/C(=N\O)c2c(ccn2CCCCCl)S1(=O)=O. The third-order valence-electron chi connectivity index (χ3n) is 3.45. The molecule has 112 valence electrons. The molecule has 0 aromatic carbocycles. The lowest BCUT2D eigenvalue weighted by Gasteiger charge is -2.12. The van der Waals surface area contributed by atoms with Crippen molar-refractivity contribution < 1.29 is 13.6 Å². The van der Waals surface area contributed by atoms with E-state index in [-0.39, 0.29) is 4.90 Å². The molecule has 0 aliphatic carbocycles. The first-order chi connectivity index (χ1) is 9.52. The van der Waals surface area contributed by atoms with Gasteiger partial charge in [0.15, 0.2) is 0 Å². The van der Waals surface area contributed by atoms with Gasteiger partial charge in [0.25, 0.3) is 0 Å². The van der Waals surface area contributed by atoms with Crippen molar-refractivity contribution in [2.24, 2.45) is 5.16 Å². The molecule has 0 atom stereocenters. The Bertz CT molecular complexity index is 609. The van der Waals surface area contributed by atoms with E-state index in [4.69, 9.17) is 11.6 Å². The lowest BCUT2D eigenvalue weighted by Crippen LogP contribution is -2.26. The Morgan fingerprint density at radius 2 is 2.20 bits per heavy atom. The van der Waals surface area contributed by atoms with Crippen LogP contribution in [0, 0.1) is 0 Å². The highest BCUT2D eigenvalue weighted by atomic mass is 35.5. The zero-order valence-electron chi connectivity index (χ0n) is 11.3. The maximum atomic E-state index is 12.4. The summed E-state index contributed by atoms with van der Waals surface area (Å²) < 4.78 is 27.9. The number of alkyl halides is 1. The van der Waals surface area contributed by atoms with Crippen molar-refractivity contribution in [2.75, 3.05) is 19.5 Å². The second-order valence-corrected chi connectivity index (χ2v) is 7.13. The molecule has 1 N–H and O–H groups in total. The van der Waals surface area contributed by atoms with Gasteiger partial charge in [0.05, 0.1) is 5.69 Å². The van der Waals surface area contributed by atoms with Gasteiger partial charge in [-0.2, -0.15) is 0 Å². The molecule has 0 bridgehead atoms. The monoisotopic (exact) mass is 319 g/mol. The lowest BCUT2D eigenvalue weighted by atomic mass is 10.2. The van der Waals surface area contributed by atoms with E-state index in [1.54, 1.807) is 12.3 Å². The van der Waals surface area contributed by atoms with Gasteiger partial charge in [-0.1, -0.05) is 5.16 Å².